The molecule has 0 aliphatic carbocycles. The summed E-state index contributed by atoms with van der Waals surface area (Å²) >= 11 is 0. The molecule has 2 aromatic rings. The summed E-state index contributed by atoms with van der Waals surface area (Å²) in [4.78, 5) is 0. The monoisotopic (exact) mass is 193 g/mol. The van der Waals surface area contributed by atoms with Crippen molar-refractivity contribution in [3.05, 3.63) is 54.6 Å². The van der Waals surface area contributed by atoms with Gasteiger partial charge in [0, 0.05) is 51.4 Å². The van der Waals surface area contributed by atoms with Gasteiger partial charge in [-0.1, -0.05) is 55.1 Å². The molecule has 0 aliphatic heterocycles. The van der Waals surface area contributed by atoms with Crippen LogP contribution in [-0.4, -0.2) is 51.4 Å². The molecule has 0 unspecified atom stereocenters. The third kappa shape index (κ3) is 2.30. The Morgan fingerprint density at radius 2 is 1.62 bits per heavy atom. The van der Waals surface area contributed by atoms with E-state index in [4.69, 9.17) is 0 Å². The van der Waals surface area contributed by atoms with Crippen LogP contribution in [0.5, 0.6) is 0 Å². The van der Waals surface area contributed by atoms with E-state index in [1.54, 1.807) is 0 Å². The second-order valence-corrected chi connectivity index (χ2v) is 2.77. The average Bonchev–Trinajstić information content (AvgIpc) is 2.17. The summed E-state index contributed by atoms with van der Waals surface area (Å²) in [6.45, 7) is 3.78. The molecular weight excluding hydrogens is 183 g/mol. The van der Waals surface area contributed by atoms with E-state index in [1.807, 2.05) is 6.08 Å². The van der Waals surface area contributed by atoms with Gasteiger partial charge in [-0.15, -0.1) is 0 Å². The van der Waals surface area contributed by atoms with Gasteiger partial charge in [0.25, 0.3) is 0 Å². The molecule has 0 bridgehead atoms. The Bertz CT molecular complexity index is 413. The maximum absolute atomic E-state index is 3.78. The van der Waals surface area contributed by atoms with Crippen LogP contribution in [-0.2, 0) is 0 Å². The normalized spacial score (nSPS) is 9.23. The molecule has 0 N–H and O–H groups in total. The van der Waals surface area contributed by atoms with Gasteiger partial charge in [-0.25, -0.2) is 0 Å². The largest absolute Gasteiger partial charge is 0.0984 e. The Labute approximate surface area is 121 Å². The summed E-state index contributed by atoms with van der Waals surface area (Å²) in [6, 6.07) is 14.6. The minimum absolute atomic E-state index is 0. The van der Waals surface area contributed by atoms with Gasteiger partial charge in [0.15, 0.2) is 0 Å². The first-order valence-corrected chi connectivity index (χ1v) is 4.02. The first kappa shape index (κ1) is 11.2. The molecule has 59 valence electrons. The van der Waals surface area contributed by atoms with Gasteiger partial charge >= 0.3 is 0 Å². The maximum atomic E-state index is 3.78. The molecule has 0 fully saturated rings. The Hall–Kier alpha value is 0.0764. The molecule has 1 radical (unpaired) electrons. The van der Waals surface area contributed by atoms with Crippen molar-refractivity contribution in [2.45, 2.75) is 0 Å². The molecule has 0 spiro atoms. The van der Waals surface area contributed by atoms with Crippen molar-refractivity contribution < 1.29 is 0 Å². The second-order valence-electron chi connectivity index (χ2n) is 2.77. The third-order valence-electron chi connectivity index (χ3n) is 2.04. The Kier molecular flexibility index (Phi) is 4.36. The van der Waals surface area contributed by atoms with Gasteiger partial charge in [0.2, 0.25) is 0 Å². The number of benzene rings is 2. The van der Waals surface area contributed by atoms with Crippen LogP contribution >= 0.6 is 0 Å². The molecule has 0 aliphatic rings. The predicted octanol–water partition coefficient (Wildman–Crippen LogP) is 3.10. The molecule has 0 atom stereocenters. The van der Waals surface area contributed by atoms with Crippen LogP contribution in [0, 0.1) is 0 Å². The summed E-state index contributed by atoms with van der Waals surface area (Å²) in [6.07, 6.45) is 1.89. The van der Waals surface area contributed by atoms with E-state index in [2.05, 4.69) is 49.0 Å². The molecule has 0 saturated carbocycles. The molecular formula is C12H10K. The number of fused-ring (bicyclic) bond motifs is 1. The van der Waals surface area contributed by atoms with Gasteiger partial charge in [0.1, 0.15) is 0 Å². The maximum Gasteiger partial charge on any atom is 0 e. The zero-order valence-corrected chi connectivity index (χ0v) is 10.9. The fourth-order valence-corrected chi connectivity index (χ4v) is 1.43. The molecule has 0 heterocycles. The standard InChI is InChI=1S/C12H10.K/c1-2-10-7-5-8-11-6-3-4-9-12(10)11;/h2-9H,1H2;. The molecule has 0 aromatic heterocycles. The predicted molar refractivity (Wildman–Crippen MR) is 59.8 cm³/mol. The van der Waals surface area contributed by atoms with Crippen LogP contribution in [0.25, 0.3) is 16.8 Å². The van der Waals surface area contributed by atoms with E-state index in [0.29, 0.717) is 0 Å². The Morgan fingerprint density at radius 3 is 2.38 bits per heavy atom. The molecule has 2 aromatic carbocycles. The van der Waals surface area contributed by atoms with Crippen LogP contribution in [0.2, 0.25) is 0 Å². The van der Waals surface area contributed by atoms with E-state index < -0.39 is 0 Å². The molecule has 13 heavy (non-hydrogen) atoms. The quantitative estimate of drug-likeness (QED) is 0.610. The van der Waals surface area contributed by atoms with Crippen LogP contribution < -0.4 is 0 Å². The van der Waals surface area contributed by atoms with Gasteiger partial charge in [-0.2, -0.15) is 0 Å². The van der Waals surface area contributed by atoms with Crippen LogP contribution in [0.4, 0.5) is 0 Å². The second kappa shape index (κ2) is 5.08. The molecule has 1 heteroatoms. The van der Waals surface area contributed by atoms with E-state index in [-0.39, 0.29) is 51.4 Å². The van der Waals surface area contributed by atoms with E-state index in [1.165, 1.54) is 16.3 Å². The number of rotatable bonds is 1. The Morgan fingerprint density at radius 1 is 0.923 bits per heavy atom. The zero-order valence-electron chi connectivity index (χ0n) is 7.83. The van der Waals surface area contributed by atoms with Crippen molar-refractivity contribution in [3.8, 4) is 0 Å². The number of hydrogen-bond donors (Lipinski definition) is 0. The first-order valence-electron chi connectivity index (χ1n) is 4.02. The van der Waals surface area contributed by atoms with Gasteiger partial charge < -0.3 is 0 Å². The van der Waals surface area contributed by atoms with Crippen molar-refractivity contribution in [1.29, 1.82) is 0 Å². The minimum Gasteiger partial charge on any atom is -0.0984 e. The van der Waals surface area contributed by atoms with Gasteiger partial charge in [0.05, 0.1) is 0 Å². The summed E-state index contributed by atoms with van der Waals surface area (Å²) < 4.78 is 0. The molecule has 0 nitrogen and oxygen atoms in total. The SMILES string of the molecule is C=Cc1cccc2ccccc12.[K]. The van der Waals surface area contributed by atoms with Crippen LogP contribution in [0.3, 0.4) is 0 Å². The summed E-state index contributed by atoms with van der Waals surface area (Å²) in [5, 5.41) is 2.55. The van der Waals surface area contributed by atoms with Crippen molar-refractivity contribution in [2.24, 2.45) is 0 Å². The fraction of sp³-hybridized carbons (Fsp3) is 0. The van der Waals surface area contributed by atoms with Gasteiger partial charge in [-0.3, -0.25) is 0 Å². The van der Waals surface area contributed by atoms with Crippen molar-refractivity contribution in [3.63, 3.8) is 0 Å². The molecule has 0 saturated heterocycles. The third-order valence-corrected chi connectivity index (χ3v) is 2.04. The zero-order chi connectivity index (χ0) is 8.39. The number of hydrogen-bond acceptors (Lipinski definition) is 0. The van der Waals surface area contributed by atoms with E-state index in [0.717, 1.165) is 0 Å². The van der Waals surface area contributed by atoms with Gasteiger partial charge in [-0.05, 0) is 16.3 Å². The average molecular weight is 193 g/mol. The smallest absolute Gasteiger partial charge is 0 e. The van der Waals surface area contributed by atoms with Crippen molar-refractivity contribution in [1.82, 2.24) is 0 Å². The summed E-state index contributed by atoms with van der Waals surface area (Å²) in [5.74, 6) is 0. The van der Waals surface area contributed by atoms with Crippen LogP contribution in [0.15, 0.2) is 49.0 Å². The minimum atomic E-state index is 0. The summed E-state index contributed by atoms with van der Waals surface area (Å²) in [7, 11) is 0. The van der Waals surface area contributed by atoms with Crippen molar-refractivity contribution >= 4 is 68.2 Å². The van der Waals surface area contributed by atoms with Crippen LogP contribution in [0.1, 0.15) is 5.56 Å². The van der Waals surface area contributed by atoms with E-state index >= 15 is 0 Å². The topological polar surface area (TPSA) is 0 Å². The fourth-order valence-electron chi connectivity index (χ4n) is 1.43. The van der Waals surface area contributed by atoms with E-state index in [9.17, 15) is 0 Å². The first-order chi connectivity index (χ1) is 5.92. The molecule has 2 rings (SSSR count). The van der Waals surface area contributed by atoms with Crippen molar-refractivity contribution in [2.75, 3.05) is 0 Å². The Balaban J connectivity index is 0.000000845. The molecule has 0 amide bonds. The summed E-state index contributed by atoms with van der Waals surface area (Å²) in [5.41, 5.74) is 1.20.